The summed E-state index contributed by atoms with van der Waals surface area (Å²) < 4.78 is 32.8. The number of rotatable bonds is 4. The van der Waals surface area contributed by atoms with Crippen LogP contribution in [0.5, 0.6) is 5.75 Å². The maximum atomic E-state index is 12.6. The fraction of sp³-hybridized carbons (Fsp3) is 0.125. The molecule has 0 atom stereocenters. The molecule has 0 saturated carbocycles. The van der Waals surface area contributed by atoms with Crippen molar-refractivity contribution < 1.29 is 13.2 Å². The van der Waals surface area contributed by atoms with Gasteiger partial charge in [0.1, 0.15) is 5.75 Å². The van der Waals surface area contributed by atoms with Crippen molar-refractivity contribution in [1.82, 2.24) is 9.97 Å². The summed E-state index contributed by atoms with van der Waals surface area (Å²) in [6.07, 6.45) is 3.15. The van der Waals surface area contributed by atoms with E-state index in [0.29, 0.717) is 28.0 Å². The molecule has 1 N–H and O–H groups in total. The standard InChI is InChI=1S/C16H15N3O3S/c1-11-9-13(22-2)4-6-16(11)23(20,21)19-12-3-5-14-15(10-12)18-8-7-17-14/h3-10,19H,1-2H3. The molecule has 0 radical (unpaired) electrons. The van der Waals surface area contributed by atoms with Gasteiger partial charge in [-0.1, -0.05) is 0 Å². The van der Waals surface area contributed by atoms with Crippen molar-refractivity contribution in [2.45, 2.75) is 11.8 Å². The van der Waals surface area contributed by atoms with Gasteiger partial charge in [-0.2, -0.15) is 0 Å². The number of hydrogen-bond donors (Lipinski definition) is 1. The Morgan fingerprint density at radius 3 is 2.43 bits per heavy atom. The Morgan fingerprint density at radius 1 is 1.00 bits per heavy atom. The third-order valence-electron chi connectivity index (χ3n) is 3.39. The molecule has 1 aromatic heterocycles. The maximum absolute atomic E-state index is 12.6. The van der Waals surface area contributed by atoms with Gasteiger partial charge < -0.3 is 4.74 Å². The Morgan fingerprint density at radius 2 is 1.74 bits per heavy atom. The van der Waals surface area contributed by atoms with Crippen molar-refractivity contribution in [1.29, 1.82) is 0 Å². The Balaban J connectivity index is 1.96. The first kappa shape index (κ1) is 15.2. The molecule has 0 bridgehead atoms. The number of aryl methyl sites for hydroxylation is 1. The fourth-order valence-corrected chi connectivity index (χ4v) is 3.56. The summed E-state index contributed by atoms with van der Waals surface area (Å²) in [5.41, 5.74) is 2.38. The van der Waals surface area contributed by atoms with Gasteiger partial charge in [-0.3, -0.25) is 14.7 Å². The third-order valence-corrected chi connectivity index (χ3v) is 4.93. The van der Waals surface area contributed by atoms with E-state index in [2.05, 4.69) is 14.7 Å². The van der Waals surface area contributed by atoms with E-state index >= 15 is 0 Å². The predicted molar refractivity (Wildman–Crippen MR) is 88.1 cm³/mol. The van der Waals surface area contributed by atoms with Crippen LogP contribution in [0.2, 0.25) is 0 Å². The molecule has 0 saturated heterocycles. The summed E-state index contributed by atoms with van der Waals surface area (Å²) in [5.74, 6) is 0.613. The van der Waals surface area contributed by atoms with Crippen molar-refractivity contribution in [2.75, 3.05) is 11.8 Å². The zero-order valence-electron chi connectivity index (χ0n) is 12.6. The highest BCUT2D eigenvalue weighted by atomic mass is 32.2. The van der Waals surface area contributed by atoms with Gasteiger partial charge in [0.15, 0.2) is 0 Å². The Labute approximate surface area is 134 Å². The van der Waals surface area contributed by atoms with E-state index in [-0.39, 0.29) is 4.90 Å². The lowest BCUT2D eigenvalue weighted by Gasteiger charge is -2.11. The van der Waals surface area contributed by atoms with Gasteiger partial charge in [-0.15, -0.1) is 0 Å². The number of ether oxygens (including phenoxy) is 1. The molecule has 0 unspecified atom stereocenters. The predicted octanol–water partition coefficient (Wildman–Crippen LogP) is 2.75. The number of fused-ring (bicyclic) bond motifs is 1. The maximum Gasteiger partial charge on any atom is 0.262 e. The average Bonchev–Trinajstić information content (AvgIpc) is 2.54. The minimum Gasteiger partial charge on any atom is -0.497 e. The second-order valence-corrected chi connectivity index (χ2v) is 6.65. The van der Waals surface area contributed by atoms with E-state index in [1.54, 1.807) is 49.6 Å². The van der Waals surface area contributed by atoms with Crippen LogP contribution in [0.25, 0.3) is 11.0 Å². The van der Waals surface area contributed by atoms with Crippen molar-refractivity contribution >= 4 is 26.7 Å². The summed E-state index contributed by atoms with van der Waals surface area (Å²) in [6.45, 7) is 1.73. The average molecular weight is 329 g/mol. The van der Waals surface area contributed by atoms with E-state index in [1.807, 2.05) is 0 Å². The van der Waals surface area contributed by atoms with Gasteiger partial charge in [0.25, 0.3) is 10.0 Å². The normalized spacial score (nSPS) is 11.4. The van der Waals surface area contributed by atoms with Gasteiger partial charge in [0, 0.05) is 12.4 Å². The minimum absolute atomic E-state index is 0.206. The molecule has 0 spiro atoms. The van der Waals surface area contributed by atoms with Gasteiger partial charge in [-0.05, 0) is 48.9 Å². The quantitative estimate of drug-likeness (QED) is 0.796. The summed E-state index contributed by atoms with van der Waals surface area (Å²) in [4.78, 5) is 8.53. The topological polar surface area (TPSA) is 81.2 Å². The minimum atomic E-state index is -3.69. The summed E-state index contributed by atoms with van der Waals surface area (Å²) in [6, 6.07) is 9.86. The molecule has 0 aliphatic heterocycles. The molecule has 3 rings (SSSR count). The van der Waals surface area contributed by atoms with Crippen LogP contribution in [0.15, 0.2) is 53.7 Å². The molecule has 3 aromatic rings. The first-order valence-corrected chi connectivity index (χ1v) is 8.36. The van der Waals surface area contributed by atoms with Crippen molar-refractivity contribution in [2.24, 2.45) is 0 Å². The molecule has 0 aliphatic rings. The molecule has 0 aliphatic carbocycles. The van der Waals surface area contributed by atoms with E-state index in [0.717, 1.165) is 0 Å². The number of hydrogen-bond acceptors (Lipinski definition) is 5. The van der Waals surface area contributed by atoms with Crippen LogP contribution in [0.4, 0.5) is 5.69 Å². The van der Waals surface area contributed by atoms with Crippen LogP contribution in [-0.4, -0.2) is 25.5 Å². The van der Waals surface area contributed by atoms with Crippen molar-refractivity contribution in [3.63, 3.8) is 0 Å². The SMILES string of the molecule is COc1ccc(S(=O)(=O)Nc2ccc3nccnc3c2)c(C)c1. The lowest BCUT2D eigenvalue weighted by Crippen LogP contribution is -2.14. The van der Waals surface area contributed by atoms with Crippen molar-refractivity contribution in [3.05, 3.63) is 54.4 Å². The van der Waals surface area contributed by atoms with Gasteiger partial charge >= 0.3 is 0 Å². The van der Waals surface area contributed by atoms with Gasteiger partial charge in [0.05, 0.1) is 28.7 Å². The highest BCUT2D eigenvalue weighted by Gasteiger charge is 2.17. The number of nitrogens with zero attached hydrogens (tertiary/aromatic N) is 2. The zero-order chi connectivity index (χ0) is 16.4. The second kappa shape index (κ2) is 5.85. The van der Waals surface area contributed by atoms with Crippen LogP contribution >= 0.6 is 0 Å². The first-order valence-electron chi connectivity index (χ1n) is 6.88. The fourth-order valence-electron chi connectivity index (χ4n) is 2.29. The zero-order valence-corrected chi connectivity index (χ0v) is 13.5. The summed E-state index contributed by atoms with van der Waals surface area (Å²) >= 11 is 0. The van der Waals surface area contributed by atoms with Crippen LogP contribution in [0.3, 0.4) is 0 Å². The van der Waals surface area contributed by atoms with Crippen LogP contribution < -0.4 is 9.46 Å². The molecular formula is C16H15N3O3S. The number of aromatic nitrogens is 2. The van der Waals surface area contributed by atoms with Gasteiger partial charge in [0.2, 0.25) is 0 Å². The molecule has 1 heterocycles. The molecule has 7 heteroatoms. The Kier molecular flexibility index (Phi) is 3.87. The van der Waals surface area contributed by atoms with E-state index in [1.165, 1.54) is 13.2 Å². The Hall–Kier alpha value is -2.67. The third kappa shape index (κ3) is 3.09. The summed E-state index contributed by atoms with van der Waals surface area (Å²) in [5, 5.41) is 0. The highest BCUT2D eigenvalue weighted by Crippen LogP contribution is 2.24. The first-order chi connectivity index (χ1) is 11.0. The second-order valence-electron chi connectivity index (χ2n) is 5.00. The molecule has 6 nitrogen and oxygen atoms in total. The lowest BCUT2D eigenvalue weighted by molar-refractivity contribution is 0.414. The molecule has 118 valence electrons. The van der Waals surface area contributed by atoms with E-state index in [4.69, 9.17) is 4.74 Å². The van der Waals surface area contributed by atoms with Gasteiger partial charge in [-0.25, -0.2) is 8.42 Å². The van der Waals surface area contributed by atoms with Crippen LogP contribution in [-0.2, 0) is 10.0 Å². The number of methoxy groups -OCH3 is 1. The largest absolute Gasteiger partial charge is 0.497 e. The van der Waals surface area contributed by atoms with E-state index < -0.39 is 10.0 Å². The smallest absolute Gasteiger partial charge is 0.262 e. The van der Waals surface area contributed by atoms with E-state index in [9.17, 15) is 8.42 Å². The van der Waals surface area contributed by atoms with Crippen LogP contribution in [0.1, 0.15) is 5.56 Å². The van der Waals surface area contributed by atoms with Crippen molar-refractivity contribution in [3.8, 4) is 5.75 Å². The number of anilines is 1. The number of sulfonamides is 1. The monoisotopic (exact) mass is 329 g/mol. The highest BCUT2D eigenvalue weighted by molar-refractivity contribution is 7.92. The molecule has 0 amide bonds. The molecular weight excluding hydrogens is 314 g/mol. The number of benzene rings is 2. The van der Waals surface area contributed by atoms with Crippen LogP contribution in [0, 0.1) is 6.92 Å². The molecule has 0 fully saturated rings. The molecule has 23 heavy (non-hydrogen) atoms. The summed E-state index contributed by atoms with van der Waals surface area (Å²) in [7, 11) is -2.15. The lowest BCUT2D eigenvalue weighted by atomic mass is 10.2. The molecule has 2 aromatic carbocycles. The number of nitrogens with one attached hydrogen (secondary N) is 1. The Bertz CT molecular complexity index is 971.